The number of ether oxygens (including phenoxy) is 2. The summed E-state index contributed by atoms with van der Waals surface area (Å²) in [4.78, 5) is 0. The van der Waals surface area contributed by atoms with Crippen molar-refractivity contribution in [1.82, 2.24) is 5.32 Å². The number of likely N-dealkylation sites (N-methyl/N-ethyl adjacent to an activating group) is 1. The van der Waals surface area contributed by atoms with Crippen LogP contribution in [0.25, 0.3) is 0 Å². The topological polar surface area (TPSA) is 30.5 Å². The van der Waals surface area contributed by atoms with Gasteiger partial charge in [-0.05, 0) is 31.7 Å². The number of rotatable bonds is 9. The molecule has 1 N–H and O–H groups in total. The lowest BCUT2D eigenvalue weighted by Gasteiger charge is -2.40. The third-order valence-corrected chi connectivity index (χ3v) is 3.73. The minimum atomic E-state index is 0.0588. The second-order valence-corrected chi connectivity index (χ2v) is 5.63. The molecule has 1 fully saturated rings. The summed E-state index contributed by atoms with van der Waals surface area (Å²) in [5, 5.41) is 3.47. The quantitative estimate of drug-likeness (QED) is 0.644. The first-order valence-electron chi connectivity index (χ1n) is 7.65. The van der Waals surface area contributed by atoms with Gasteiger partial charge < -0.3 is 14.8 Å². The Morgan fingerprint density at radius 3 is 2.72 bits per heavy atom. The van der Waals surface area contributed by atoms with E-state index in [-0.39, 0.29) is 5.60 Å². The van der Waals surface area contributed by atoms with Crippen molar-refractivity contribution in [1.29, 1.82) is 0 Å². The van der Waals surface area contributed by atoms with Crippen molar-refractivity contribution >= 4 is 0 Å². The van der Waals surface area contributed by atoms with E-state index in [4.69, 9.17) is 9.47 Å². The molecule has 1 saturated carbocycles. The summed E-state index contributed by atoms with van der Waals surface area (Å²) in [5.74, 6) is 0.786. The maximum Gasteiger partial charge on any atom is 0.0810 e. The molecule has 0 aromatic rings. The lowest BCUT2D eigenvalue weighted by Crippen LogP contribution is -2.47. The second-order valence-electron chi connectivity index (χ2n) is 5.63. The average molecular weight is 257 g/mol. The first kappa shape index (κ1) is 15.9. The van der Waals surface area contributed by atoms with Crippen LogP contribution in [-0.2, 0) is 9.47 Å². The van der Waals surface area contributed by atoms with Gasteiger partial charge in [-0.2, -0.15) is 0 Å². The molecule has 1 rings (SSSR count). The maximum atomic E-state index is 6.20. The Morgan fingerprint density at radius 2 is 2.06 bits per heavy atom. The third-order valence-electron chi connectivity index (χ3n) is 3.73. The molecule has 0 spiro atoms. The van der Waals surface area contributed by atoms with E-state index in [0.29, 0.717) is 0 Å². The predicted octanol–water partition coefficient (Wildman–Crippen LogP) is 2.99. The summed E-state index contributed by atoms with van der Waals surface area (Å²) < 4.78 is 11.7. The van der Waals surface area contributed by atoms with Crippen molar-refractivity contribution in [3.8, 4) is 0 Å². The minimum absolute atomic E-state index is 0.0588. The normalized spacial score (nSPS) is 28.5. The molecule has 2 atom stereocenters. The molecule has 0 amide bonds. The zero-order valence-electron chi connectivity index (χ0n) is 12.5. The van der Waals surface area contributed by atoms with Gasteiger partial charge in [-0.15, -0.1) is 0 Å². The standard InChI is InChI=1S/C15H31NO2/c1-4-9-17-10-11-18-15(13-16-5-2)8-6-7-14(3)12-15/h14,16H,4-13H2,1-3H3. The van der Waals surface area contributed by atoms with E-state index in [9.17, 15) is 0 Å². The Hall–Kier alpha value is -0.120. The number of hydrogen-bond acceptors (Lipinski definition) is 3. The molecule has 2 unspecified atom stereocenters. The van der Waals surface area contributed by atoms with Crippen molar-refractivity contribution in [3.05, 3.63) is 0 Å². The van der Waals surface area contributed by atoms with Crippen LogP contribution in [-0.4, -0.2) is 38.5 Å². The van der Waals surface area contributed by atoms with Crippen LogP contribution in [0.2, 0.25) is 0 Å². The highest BCUT2D eigenvalue weighted by atomic mass is 16.5. The van der Waals surface area contributed by atoms with E-state index in [1.807, 2.05) is 0 Å². The fraction of sp³-hybridized carbons (Fsp3) is 1.00. The summed E-state index contributed by atoms with van der Waals surface area (Å²) in [5.41, 5.74) is 0.0588. The van der Waals surface area contributed by atoms with E-state index in [0.717, 1.165) is 45.2 Å². The molecule has 1 aliphatic rings. The Morgan fingerprint density at radius 1 is 1.22 bits per heavy atom. The van der Waals surface area contributed by atoms with Crippen molar-refractivity contribution in [2.45, 2.75) is 58.5 Å². The highest BCUT2D eigenvalue weighted by molar-refractivity contribution is 4.89. The first-order valence-corrected chi connectivity index (χ1v) is 7.65. The highest BCUT2D eigenvalue weighted by Crippen LogP contribution is 2.34. The predicted molar refractivity (Wildman–Crippen MR) is 76.0 cm³/mol. The van der Waals surface area contributed by atoms with E-state index in [1.165, 1.54) is 25.7 Å². The highest BCUT2D eigenvalue weighted by Gasteiger charge is 2.35. The molecule has 108 valence electrons. The van der Waals surface area contributed by atoms with Crippen LogP contribution in [0, 0.1) is 5.92 Å². The minimum Gasteiger partial charge on any atom is -0.379 e. The molecular formula is C15H31NO2. The van der Waals surface area contributed by atoms with Crippen molar-refractivity contribution in [3.63, 3.8) is 0 Å². The van der Waals surface area contributed by atoms with Crippen molar-refractivity contribution in [2.24, 2.45) is 5.92 Å². The molecular weight excluding hydrogens is 226 g/mol. The number of nitrogens with one attached hydrogen (secondary N) is 1. The van der Waals surface area contributed by atoms with Gasteiger partial charge in [-0.3, -0.25) is 0 Å². The summed E-state index contributed by atoms with van der Waals surface area (Å²) in [6.45, 7) is 11.0. The van der Waals surface area contributed by atoms with Gasteiger partial charge in [0.1, 0.15) is 0 Å². The summed E-state index contributed by atoms with van der Waals surface area (Å²) in [7, 11) is 0. The van der Waals surface area contributed by atoms with Crippen LogP contribution in [0.5, 0.6) is 0 Å². The first-order chi connectivity index (χ1) is 8.72. The molecule has 0 bridgehead atoms. The number of hydrogen-bond donors (Lipinski definition) is 1. The van der Waals surface area contributed by atoms with E-state index in [1.54, 1.807) is 0 Å². The lowest BCUT2D eigenvalue weighted by molar-refractivity contribution is -0.0949. The molecule has 0 aromatic heterocycles. The second kappa shape index (κ2) is 8.89. The maximum absolute atomic E-state index is 6.20. The Bertz CT molecular complexity index is 211. The van der Waals surface area contributed by atoms with Gasteiger partial charge in [0.05, 0.1) is 18.8 Å². The van der Waals surface area contributed by atoms with Gasteiger partial charge in [-0.25, -0.2) is 0 Å². The zero-order chi connectivity index (χ0) is 13.3. The van der Waals surface area contributed by atoms with E-state index >= 15 is 0 Å². The fourth-order valence-electron chi connectivity index (χ4n) is 2.87. The smallest absolute Gasteiger partial charge is 0.0810 e. The summed E-state index contributed by atoms with van der Waals surface area (Å²) in [6, 6.07) is 0. The van der Waals surface area contributed by atoms with Crippen LogP contribution < -0.4 is 5.32 Å². The van der Waals surface area contributed by atoms with E-state index in [2.05, 4.69) is 26.1 Å². The van der Waals surface area contributed by atoms with Crippen molar-refractivity contribution < 1.29 is 9.47 Å². The Kier molecular flexibility index (Phi) is 7.87. The van der Waals surface area contributed by atoms with Crippen LogP contribution in [0.1, 0.15) is 52.9 Å². The molecule has 0 saturated heterocycles. The molecule has 18 heavy (non-hydrogen) atoms. The van der Waals surface area contributed by atoms with Crippen molar-refractivity contribution in [2.75, 3.05) is 32.9 Å². The molecule has 3 nitrogen and oxygen atoms in total. The lowest BCUT2D eigenvalue weighted by atomic mass is 9.78. The van der Waals surface area contributed by atoms with Crippen LogP contribution >= 0.6 is 0 Å². The van der Waals surface area contributed by atoms with Gasteiger partial charge in [0, 0.05) is 13.2 Å². The Balaban J connectivity index is 2.34. The molecule has 3 heteroatoms. The van der Waals surface area contributed by atoms with Crippen LogP contribution in [0.15, 0.2) is 0 Å². The zero-order valence-corrected chi connectivity index (χ0v) is 12.5. The van der Waals surface area contributed by atoms with Gasteiger partial charge in [0.2, 0.25) is 0 Å². The summed E-state index contributed by atoms with van der Waals surface area (Å²) >= 11 is 0. The molecule has 1 aliphatic carbocycles. The Labute approximate surface area is 113 Å². The van der Waals surface area contributed by atoms with Crippen LogP contribution in [0.3, 0.4) is 0 Å². The fourth-order valence-corrected chi connectivity index (χ4v) is 2.87. The average Bonchev–Trinajstić information content (AvgIpc) is 2.36. The van der Waals surface area contributed by atoms with Gasteiger partial charge in [-0.1, -0.05) is 33.6 Å². The van der Waals surface area contributed by atoms with Crippen LogP contribution in [0.4, 0.5) is 0 Å². The monoisotopic (exact) mass is 257 g/mol. The van der Waals surface area contributed by atoms with Gasteiger partial charge >= 0.3 is 0 Å². The van der Waals surface area contributed by atoms with Gasteiger partial charge in [0.15, 0.2) is 0 Å². The largest absolute Gasteiger partial charge is 0.379 e. The summed E-state index contributed by atoms with van der Waals surface area (Å²) in [6.07, 6.45) is 6.11. The van der Waals surface area contributed by atoms with Gasteiger partial charge in [0.25, 0.3) is 0 Å². The molecule has 0 aliphatic heterocycles. The SMILES string of the molecule is CCCOCCOC1(CNCC)CCCC(C)C1. The van der Waals surface area contributed by atoms with E-state index < -0.39 is 0 Å². The molecule has 0 radical (unpaired) electrons. The third kappa shape index (κ3) is 5.68. The molecule has 0 heterocycles. The molecule has 0 aromatic carbocycles.